The lowest BCUT2D eigenvalue weighted by Gasteiger charge is -2.19. The Morgan fingerprint density at radius 1 is 1.25 bits per heavy atom. The molecule has 1 aliphatic heterocycles. The van der Waals surface area contributed by atoms with Crippen LogP contribution in [0.1, 0.15) is 25.0 Å². The Morgan fingerprint density at radius 2 is 1.95 bits per heavy atom. The van der Waals surface area contributed by atoms with E-state index in [2.05, 4.69) is 6.92 Å². The molecule has 20 heavy (non-hydrogen) atoms. The van der Waals surface area contributed by atoms with Crippen molar-refractivity contribution in [2.45, 2.75) is 32.7 Å². The highest BCUT2D eigenvalue weighted by Gasteiger charge is 2.35. The molecule has 2 atom stereocenters. The van der Waals surface area contributed by atoms with E-state index in [9.17, 15) is 13.2 Å². The molecule has 1 saturated heterocycles. The van der Waals surface area contributed by atoms with Gasteiger partial charge in [0.25, 0.3) is 0 Å². The second-order valence-corrected chi connectivity index (χ2v) is 5.32. The number of alkyl halides is 3. The van der Waals surface area contributed by atoms with Crippen LogP contribution in [-0.2, 0) is 17.5 Å². The van der Waals surface area contributed by atoms with Gasteiger partial charge in [0.2, 0.25) is 0 Å². The Labute approximate surface area is 117 Å². The average Bonchev–Trinajstić information content (AvgIpc) is 2.69. The molecule has 1 aromatic rings. The number of nitrogens with zero attached hydrogens (tertiary/aromatic N) is 1. The first-order valence-electron chi connectivity index (χ1n) is 6.91. The van der Waals surface area contributed by atoms with Crippen molar-refractivity contribution in [2.24, 2.45) is 5.92 Å². The molecule has 0 amide bonds. The Morgan fingerprint density at radius 3 is 2.60 bits per heavy atom. The molecule has 0 N–H and O–H groups in total. The van der Waals surface area contributed by atoms with Gasteiger partial charge in [-0.2, -0.15) is 13.2 Å². The monoisotopic (exact) mass is 287 g/mol. The maximum absolute atomic E-state index is 13.0. The Kier molecular flexibility index (Phi) is 4.70. The zero-order chi connectivity index (χ0) is 14.8. The second-order valence-electron chi connectivity index (χ2n) is 5.32. The van der Waals surface area contributed by atoms with Crippen molar-refractivity contribution in [1.29, 1.82) is 0 Å². The third-order valence-corrected chi connectivity index (χ3v) is 3.72. The molecule has 1 aliphatic rings. The van der Waals surface area contributed by atoms with E-state index in [-0.39, 0.29) is 6.10 Å². The van der Waals surface area contributed by atoms with Gasteiger partial charge in [-0.1, -0.05) is 25.1 Å². The quantitative estimate of drug-likeness (QED) is 0.839. The minimum absolute atomic E-state index is 0.123. The summed E-state index contributed by atoms with van der Waals surface area (Å²) >= 11 is 0. The van der Waals surface area contributed by atoms with Crippen LogP contribution in [0.15, 0.2) is 24.3 Å². The lowest BCUT2D eigenvalue weighted by atomic mass is 10.1. The third kappa shape index (κ3) is 3.52. The van der Waals surface area contributed by atoms with Crippen molar-refractivity contribution in [1.82, 2.24) is 4.90 Å². The van der Waals surface area contributed by atoms with Gasteiger partial charge in [-0.05, 0) is 24.5 Å². The largest absolute Gasteiger partial charge is 0.416 e. The first kappa shape index (κ1) is 15.3. The Bertz CT molecular complexity index is 447. The van der Waals surface area contributed by atoms with E-state index < -0.39 is 11.7 Å². The lowest BCUT2D eigenvalue weighted by Crippen LogP contribution is -2.24. The van der Waals surface area contributed by atoms with Gasteiger partial charge in [0.15, 0.2) is 0 Å². The van der Waals surface area contributed by atoms with Crippen LogP contribution in [0.25, 0.3) is 0 Å². The normalized spacial score (nSPS) is 24.2. The van der Waals surface area contributed by atoms with Crippen molar-refractivity contribution in [3.8, 4) is 0 Å². The number of likely N-dealkylation sites (tertiary alicyclic amines) is 1. The van der Waals surface area contributed by atoms with E-state index >= 15 is 0 Å². The number of hydrogen-bond donors (Lipinski definition) is 0. The molecule has 0 aliphatic carbocycles. The van der Waals surface area contributed by atoms with Crippen LogP contribution < -0.4 is 0 Å². The Hall–Kier alpha value is -1.07. The van der Waals surface area contributed by atoms with Crippen LogP contribution in [0.5, 0.6) is 0 Å². The molecule has 0 bridgehead atoms. The summed E-state index contributed by atoms with van der Waals surface area (Å²) in [5.41, 5.74) is -0.197. The highest BCUT2D eigenvalue weighted by molar-refractivity contribution is 5.29. The molecular formula is C15H20F3NO. The number of benzene rings is 1. The van der Waals surface area contributed by atoms with Crippen LogP contribution in [0.4, 0.5) is 13.2 Å². The predicted octanol–water partition coefficient (Wildman–Crippen LogP) is 3.56. The SMILES string of the molecule is CCOC1CN(Cc2ccccc2C(F)(F)F)CC1C. The van der Waals surface area contributed by atoms with Gasteiger partial charge in [-0.25, -0.2) is 0 Å². The Balaban J connectivity index is 2.08. The van der Waals surface area contributed by atoms with Gasteiger partial charge in [0, 0.05) is 26.2 Å². The van der Waals surface area contributed by atoms with Crippen LogP contribution in [0, 0.1) is 5.92 Å². The summed E-state index contributed by atoms with van der Waals surface area (Å²) in [6, 6.07) is 5.79. The molecule has 112 valence electrons. The van der Waals surface area contributed by atoms with E-state index in [0.717, 1.165) is 12.6 Å². The minimum atomic E-state index is -4.29. The summed E-state index contributed by atoms with van der Waals surface area (Å²) in [6.07, 6.45) is -4.17. The van der Waals surface area contributed by atoms with Gasteiger partial charge in [0.05, 0.1) is 11.7 Å². The fourth-order valence-corrected chi connectivity index (χ4v) is 2.77. The summed E-state index contributed by atoms with van der Waals surface area (Å²) < 4.78 is 44.5. The first-order valence-corrected chi connectivity index (χ1v) is 6.91. The molecule has 0 radical (unpaired) electrons. The third-order valence-electron chi connectivity index (χ3n) is 3.72. The highest BCUT2D eigenvalue weighted by Crippen LogP contribution is 2.33. The molecule has 0 saturated carbocycles. The minimum Gasteiger partial charge on any atom is -0.377 e. The second kappa shape index (κ2) is 6.14. The number of rotatable bonds is 4. The molecule has 1 aromatic carbocycles. The van der Waals surface area contributed by atoms with Crippen LogP contribution in [0.2, 0.25) is 0 Å². The zero-order valence-electron chi connectivity index (χ0n) is 11.8. The van der Waals surface area contributed by atoms with Gasteiger partial charge in [-0.15, -0.1) is 0 Å². The van der Waals surface area contributed by atoms with Crippen LogP contribution >= 0.6 is 0 Å². The molecule has 1 heterocycles. The lowest BCUT2D eigenvalue weighted by molar-refractivity contribution is -0.138. The van der Waals surface area contributed by atoms with E-state index in [4.69, 9.17) is 4.74 Å². The van der Waals surface area contributed by atoms with Gasteiger partial charge >= 0.3 is 6.18 Å². The maximum Gasteiger partial charge on any atom is 0.416 e. The fourth-order valence-electron chi connectivity index (χ4n) is 2.77. The standard InChI is InChI=1S/C15H20F3NO/c1-3-20-14-10-19(8-11(14)2)9-12-6-4-5-7-13(12)15(16,17)18/h4-7,11,14H,3,8-10H2,1-2H3. The van der Waals surface area contributed by atoms with E-state index in [1.165, 1.54) is 6.07 Å². The smallest absolute Gasteiger partial charge is 0.377 e. The van der Waals surface area contributed by atoms with Crippen molar-refractivity contribution < 1.29 is 17.9 Å². The summed E-state index contributed by atoms with van der Waals surface area (Å²) in [6.45, 7) is 6.45. The average molecular weight is 287 g/mol. The molecular weight excluding hydrogens is 267 g/mol. The fraction of sp³-hybridized carbons (Fsp3) is 0.600. The molecule has 0 spiro atoms. The predicted molar refractivity (Wildman–Crippen MR) is 71.3 cm³/mol. The summed E-state index contributed by atoms with van der Waals surface area (Å²) in [5, 5.41) is 0. The van der Waals surface area contributed by atoms with Crippen LogP contribution in [0.3, 0.4) is 0 Å². The first-order chi connectivity index (χ1) is 9.41. The number of ether oxygens (including phenoxy) is 1. The summed E-state index contributed by atoms with van der Waals surface area (Å²) in [5.74, 6) is 0.355. The molecule has 2 unspecified atom stereocenters. The summed E-state index contributed by atoms with van der Waals surface area (Å²) in [4.78, 5) is 2.04. The maximum atomic E-state index is 13.0. The van der Waals surface area contributed by atoms with Gasteiger partial charge in [0.1, 0.15) is 0 Å². The van der Waals surface area contributed by atoms with Crippen molar-refractivity contribution in [3.05, 3.63) is 35.4 Å². The van der Waals surface area contributed by atoms with Gasteiger partial charge < -0.3 is 4.74 Å². The number of hydrogen-bond acceptors (Lipinski definition) is 2. The molecule has 1 fully saturated rings. The van der Waals surface area contributed by atoms with E-state index in [0.29, 0.717) is 31.2 Å². The molecule has 5 heteroatoms. The van der Waals surface area contributed by atoms with Crippen molar-refractivity contribution in [2.75, 3.05) is 19.7 Å². The number of halogens is 3. The molecule has 0 aromatic heterocycles. The van der Waals surface area contributed by atoms with Crippen molar-refractivity contribution in [3.63, 3.8) is 0 Å². The van der Waals surface area contributed by atoms with Gasteiger partial charge in [-0.3, -0.25) is 4.90 Å². The van der Waals surface area contributed by atoms with E-state index in [1.54, 1.807) is 12.1 Å². The summed E-state index contributed by atoms with van der Waals surface area (Å²) in [7, 11) is 0. The highest BCUT2D eigenvalue weighted by atomic mass is 19.4. The molecule has 2 nitrogen and oxygen atoms in total. The molecule has 2 rings (SSSR count). The zero-order valence-corrected chi connectivity index (χ0v) is 11.8. The van der Waals surface area contributed by atoms with Crippen LogP contribution in [-0.4, -0.2) is 30.7 Å². The topological polar surface area (TPSA) is 12.5 Å². The van der Waals surface area contributed by atoms with Crippen molar-refractivity contribution >= 4 is 0 Å². The van der Waals surface area contributed by atoms with E-state index in [1.807, 2.05) is 11.8 Å².